The Morgan fingerprint density at radius 1 is 1.04 bits per heavy atom. The third-order valence-corrected chi connectivity index (χ3v) is 7.72. The lowest BCUT2D eigenvalue weighted by atomic mass is 10.0. The van der Waals surface area contributed by atoms with E-state index >= 15 is 0 Å². The summed E-state index contributed by atoms with van der Waals surface area (Å²) in [5.74, 6) is -0.00803. The molecule has 2 atom stereocenters. The van der Waals surface area contributed by atoms with Gasteiger partial charge < -0.3 is 4.90 Å². The van der Waals surface area contributed by atoms with Crippen molar-refractivity contribution in [2.75, 3.05) is 23.0 Å². The summed E-state index contributed by atoms with van der Waals surface area (Å²) < 4.78 is 24.9. The molecule has 2 aromatic carbocycles. The summed E-state index contributed by atoms with van der Waals surface area (Å²) in [5.41, 5.74) is 2.86. The fourth-order valence-electron chi connectivity index (χ4n) is 4.20. The van der Waals surface area contributed by atoms with Gasteiger partial charge in [0.1, 0.15) is 0 Å². The highest BCUT2D eigenvalue weighted by atomic mass is 35.5. The maximum Gasteiger partial charge on any atom is 0.241 e. The molecule has 2 aliphatic heterocycles. The molecule has 5 nitrogen and oxygen atoms in total. The molecule has 148 valence electrons. The van der Waals surface area contributed by atoms with Gasteiger partial charge in [0.05, 0.1) is 24.1 Å². The molecule has 0 spiro atoms. The Hall–Kier alpha value is -1.89. The topological polar surface area (TPSA) is 57.7 Å². The molecule has 7 heteroatoms. The SMILES string of the molecule is CCc1ccc(N2C(=O)CN(Cc3ccccc3Cl)[C@H]3CS(=O)(=O)C[C@H]32)cc1. The Morgan fingerprint density at radius 2 is 1.71 bits per heavy atom. The molecule has 0 unspecified atom stereocenters. The molecule has 2 saturated heterocycles. The molecule has 0 N–H and O–H groups in total. The minimum Gasteiger partial charge on any atom is -0.306 e. The maximum absolute atomic E-state index is 13.0. The molecule has 2 aromatic rings. The van der Waals surface area contributed by atoms with Crippen LogP contribution < -0.4 is 4.90 Å². The molecule has 0 saturated carbocycles. The number of amides is 1. The summed E-state index contributed by atoms with van der Waals surface area (Å²) in [6.07, 6.45) is 0.917. The molecular weight excluding hydrogens is 396 g/mol. The minimum atomic E-state index is -3.21. The second kappa shape index (κ2) is 7.50. The van der Waals surface area contributed by atoms with Gasteiger partial charge in [0.15, 0.2) is 9.84 Å². The number of carbonyl (C=O) groups is 1. The zero-order chi connectivity index (χ0) is 19.9. The predicted octanol–water partition coefficient (Wildman–Crippen LogP) is 2.92. The summed E-state index contributed by atoms with van der Waals surface area (Å²) in [4.78, 5) is 16.7. The summed E-state index contributed by atoms with van der Waals surface area (Å²) >= 11 is 6.29. The van der Waals surface area contributed by atoms with Crippen LogP contribution in [0.15, 0.2) is 48.5 Å². The van der Waals surface area contributed by atoms with Crippen molar-refractivity contribution in [2.45, 2.75) is 32.0 Å². The van der Waals surface area contributed by atoms with Gasteiger partial charge >= 0.3 is 0 Å². The number of fused-ring (bicyclic) bond motifs is 1. The molecule has 0 bridgehead atoms. The highest BCUT2D eigenvalue weighted by Crippen LogP contribution is 2.33. The van der Waals surface area contributed by atoms with Crippen LogP contribution in [0, 0.1) is 0 Å². The van der Waals surface area contributed by atoms with Crippen molar-refractivity contribution in [3.63, 3.8) is 0 Å². The van der Waals surface area contributed by atoms with Gasteiger partial charge in [-0.2, -0.15) is 0 Å². The third-order valence-electron chi connectivity index (χ3n) is 5.66. The standard InChI is InChI=1S/C21H23ClN2O3S/c1-2-15-7-9-17(10-8-15)24-20-14-28(26,27)13-19(20)23(12-21(24)25)11-16-5-3-4-6-18(16)22/h3-10,19-20H,2,11-14H2,1H3/t19-,20+/m0/s1. The first-order valence-electron chi connectivity index (χ1n) is 9.47. The maximum atomic E-state index is 13.0. The van der Waals surface area contributed by atoms with Crippen LogP contribution in [0.5, 0.6) is 0 Å². The first-order valence-corrected chi connectivity index (χ1v) is 11.7. The van der Waals surface area contributed by atoms with Crippen LogP contribution in [-0.2, 0) is 27.6 Å². The summed E-state index contributed by atoms with van der Waals surface area (Å²) in [6, 6.07) is 14.7. The van der Waals surface area contributed by atoms with E-state index in [9.17, 15) is 13.2 Å². The Labute approximate surface area is 170 Å². The largest absolute Gasteiger partial charge is 0.306 e. The number of carbonyl (C=O) groups excluding carboxylic acids is 1. The first-order chi connectivity index (χ1) is 13.4. The van der Waals surface area contributed by atoms with Crippen LogP contribution in [0.1, 0.15) is 18.1 Å². The van der Waals surface area contributed by atoms with Crippen molar-refractivity contribution in [3.05, 3.63) is 64.7 Å². The van der Waals surface area contributed by atoms with E-state index in [2.05, 4.69) is 6.92 Å². The average Bonchev–Trinajstić information content (AvgIpc) is 2.99. The second-order valence-corrected chi connectivity index (χ2v) is 10.1. The fraction of sp³-hybridized carbons (Fsp3) is 0.381. The van der Waals surface area contributed by atoms with Gasteiger partial charge in [0.25, 0.3) is 0 Å². The fourth-order valence-corrected chi connectivity index (χ4v) is 6.38. The molecule has 0 aromatic heterocycles. The Balaban J connectivity index is 1.66. The van der Waals surface area contributed by atoms with Gasteiger partial charge in [-0.1, -0.05) is 48.9 Å². The summed E-state index contributed by atoms with van der Waals surface area (Å²) in [6.45, 7) is 2.72. The molecule has 4 rings (SSSR count). The second-order valence-electron chi connectivity index (χ2n) is 7.49. The zero-order valence-electron chi connectivity index (χ0n) is 15.7. The van der Waals surface area contributed by atoms with Crippen molar-refractivity contribution >= 4 is 33.0 Å². The summed E-state index contributed by atoms with van der Waals surface area (Å²) in [7, 11) is -3.21. The number of aryl methyl sites for hydroxylation is 1. The third kappa shape index (κ3) is 3.69. The van der Waals surface area contributed by atoms with E-state index in [0.29, 0.717) is 11.6 Å². The lowest BCUT2D eigenvalue weighted by molar-refractivity contribution is -0.123. The number of rotatable bonds is 4. The molecule has 1 amide bonds. The minimum absolute atomic E-state index is 0.00203. The molecule has 2 fully saturated rings. The highest BCUT2D eigenvalue weighted by Gasteiger charge is 2.49. The molecule has 2 aliphatic rings. The summed E-state index contributed by atoms with van der Waals surface area (Å²) in [5, 5.41) is 0.630. The van der Waals surface area contributed by atoms with Gasteiger partial charge in [-0.3, -0.25) is 9.69 Å². The van der Waals surface area contributed by atoms with Gasteiger partial charge in [-0.05, 0) is 35.7 Å². The number of sulfone groups is 1. The van der Waals surface area contributed by atoms with E-state index in [1.54, 1.807) is 4.90 Å². The van der Waals surface area contributed by atoms with Crippen LogP contribution in [0.25, 0.3) is 0 Å². The number of benzene rings is 2. The monoisotopic (exact) mass is 418 g/mol. The number of piperazine rings is 1. The van der Waals surface area contributed by atoms with E-state index < -0.39 is 9.84 Å². The molecule has 28 heavy (non-hydrogen) atoms. The predicted molar refractivity (Wildman–Crippen MR) is 111 cm³/mol. The highest BCUT2D eigenvalue weighted by molar-refractivity contribution is 7.91. The van der Waals surface area contributed by atoms with E-state index in [4.69, 9.17) is 11.6 Å². The van der Waals surface area contributed by atoms with Gasteiger partial charge in [0.2, 0.25) is 5.91 Å². The lowest BCUT2D eigenvalue weighted by Gasteiger charge is -2.43. The zero-order valence-corrected chi connectivity index (χ0v) is 17.3. The van der Waals surface area contributed by atoms with Crippen molar-refractivity contribution in [1.29, 1.82) is 0 Å². The Kier molecular flexibility index (Phi) is 5.21. The van der Waals surface area contributed by atoms with Crippen LogP contribution in [0.4, 0.5) is 5.69 Å². The Bertz CT molecular complexity index is 991. The van der Waals surface area contributed by atoms with Crippen molar-refractivity contribution in [1.82, 2.24) is 4.90 Å². The number of halogens is 1. The van der Waals surface area contributed by atoms with Crippen LogP contribution in [-0.4, -0.2) is 49.4 Å². The average molecular weight is 419 g/mol. The van der Waals surface area contributed by atoms with Gasteiger partial charge in [0, 0.05) is 23.3 Å². The van der Waals surface area contributed by atoms with Crippen molar-refractivity contribution < 1.29 is 13.2 Å². The van der Waals surface area contributed by atoms with Gasteiger partial charge in [-0.25, -0.2) is 8.42 Å². The smallest absolute Gasteiger partial charge is 0.241 e. The van der Waals surface area contributed by atoms with Crippen LogP contribution >= 0.6 is 11.6 Å². The van der Waals surface area contributed by atoms with E-state index in [1.807, 2.05) is 53.4 Å². The molecule has 2 heterocycles. The number of hydrogen-bond acceptors (Lipinski definition) is 4. The van der Waals surface area contributed by atoms with Gasteiger partial charge in [-0.15, -0.1) is 0 Å². The molecule has 0 aliphatic carbocycles. The quantitative estimate of drug-likeness (QED) is 0.766. The first kappa shape index (κ1) is 19.4. The lowest BCUT2D eigenvalue weighted by Crippen LogP contribution is -2.61. The number of anilines is 1. The van der Waals surface area contributed by atoms with E-state index in [-0.39, 0.29) is 36.0 Å². The van der Waals surface area contributed by atoms with E-state index in [1.165, 1.54) is 5.56 Å². The van der Waals surface area contributed by atoms with Crippen LogP contribution in [0.2, 0.25) is 5.02 Å². The van der Waals surface area contributed by atoms with Crippen LogP contribution in [0.3, 0.4) is 0 Å². The normalized spacial score (nSPS) is 24.4. The molecule has 0 radical (unpaired) electrons. The Morgan fingerprint density at radius 3 is 2.39 bits per heavy atom. The van der Waals surface area contributed by atoms with E-state index in [0.717, 1.165) is 17.7 Å². The van der Waals surface area contributed by atoms with Crippen molar-refractivity contribution in [3.8, 4) is 0 Å². The van der Waals surface area contributed by atoms with Crippen molar-refractivity contribution in [2.24, 2.45) is 0 Å². The number of nitrogens with zero attached hydrogens (tertiary/aromatic N) is 2. The molecular formula is C21H23ClN2O3S. The number of hydrogen-bond donors (Lipinski definition) is 0.